The second kappa shape index (κ2) is 7.21. The molecule has 122 valence electrons. The van der Waals surface area contributed by atoms with E-state index >= 15 is 0 Å². The van der Waals surface area contributed by atoms with Crippen LogP contribution in [0.3, 0.4) is 0 Å². The van der Waals surface area contributed by atoms with E-state index in [1.807, 2.05) is 16.8 Å². The molecule has 0 bridgehead atoms. The maximum absolute atomic E-state index is 11.4. The minimum atomic E-state index is -0.281. The van der Waals surface area contributed by atoms with Crippen molar-refractivity contribution in [3.8, 4) is 5.82 Å². The summed E-state index contributed by atoms with van der Waals surface area (Å²) < 4.78 is 1.82. The molecule has 0 radical (unpaired) electrons. The molecular weight excluding hydrogens is 292 g/mol. The van der Waals surface area contributed by atoms with Gasteiger partial charge in [-0.1, -0.05) is 19.3 Å². The van der Waals surface area contributed by atoms with E-state index < -0.39 is 0 Å². The van der Waals surface area contributed by atoms with E-state index in [1.165, 1.54) is 25.6 Å². The molecule has 1 amide bonds. The Morgan fingerprint density at radius 2 is 2.17 bits per heavy atom. The third-order valence-electron chi connectivity index (χ3n) is 4.39. The maximum atomic E-state index is 11.4. The summed E-state index contributed by atoms with van der Waals surface area (Å²) in [7, 11) is 0. The molecule has 1 aliphatic carbocycles. The van der Waals surface area contributed by atoms with Crippen LogP contribution in [0.25, 0.3) is 5.82 Å². The number of hydrogen-bond acceptors (Lipinski definition) is 5. The second-order valence-electron chi connectivity index (χ2n) is 6.05. The third kappa shape index (κ3) is 4.06. The lowest BCUT2D eigenvalue weighted by Crippen LogP contribution is -2.35. The van der Waals surface area contributed by atoms with Crippen LogP contribution < -0.4 is 11.1 Å². The molecule has 1 fully saturated rings. The van der Waals surface area contributed by atoms with Gasteiger partial charge in [0.1, 0.15) is 24.3 Å². The molecular formula is C16H22N6O. The van der Waals surface area contributed by atoms with Gasteiger partial charge in [0.2, 0.25) is 5.91 Å². The lowest BCUT2D eigenvalue weighted by molar-refractivity contribution is -0.118. The van der Waals surface area contributed by atoms with Crippen molar-refractivity contribution in [3.05, 3.63) is 31.1 Å². The number of carbonyl (C=O) groups is 1. The predicted octanol–water partition coefficient (Wildman–Crippen LogP) is 1.90. The monoisotopic (exact) mass is 314 g/mol. The summed E-state index contributed by atoms with van der Waals surface area (Å²) >= 11 is 0. The Kier molecular flexibility index (Phi) is 4.85. The van der Waals surface area contributed by atoms with Crippen LogP contribution in [-0.4, -0.2) is 31.5 Å². The van der Waals surface area contributed by atoms with Gasteiger partial charge < -0.3 is 11.1 Å². The highest BCUT2D eigenvalue weighted by molar-refractivity contribution is 5.75. The molecule has 0 saturated heterocycles. The van der Waals surface area contributed by atoms with Gasteiger partial charge >= 0.3 is 0 Å². The molecule has 0 spiro atoms. The van der Waals surface area contributed by atoms with Crippen LogP contribution in [0, 0.1) is 5.92 Å². The lowest BCUT2D eigenvalue weighted by Gasteiger charge is -2.30. The summed E-state index contributed by atoms with van der Waals surface area (Å²) in [5.74, 6) is 1.63. The van der Waals surface area contributed by atoms with Gasteiger partial charge in [-0.15, -0.1) is 0 Å². The van der Waals surface area contributed by atoms with Gasteiger partial charge in [-0.05, 0) is 18.8 Å². The second-order valence-corrected chi connectivity index (χ2v) is 6.05. The van der Waals surface area contributed by atoms with Crippen LogP contribution >= 0.6 is 0 Å². The highest BCUT2D eigenvalue weighted by Gasteiger charge is 2.25. The molecule has 7 nitrogen and oxygen atoms in total. The predicted molar refractivity (Wildman–Crippen MR) is 87.0 cm³/mol. The molecule has 7 heteroatoms. The van der Waals surface area contributed by atoms with Crippen molar-refractivity contribution in [2.45, 2.75) is 44.6 Å². The highest BCUT2D eigenvalue weighted by Crippen LogP contribution is 2.29. The van der Waals surface area contributed by atoms with Crippen molar-refractivity contribution in [1.82, 2.24) is 19.5 Å². The summed E-state index contributed by atoms with van der Waals surface area (Å²) in [6.45, 7) is 0. The molecule has 1 unspecified atom stereocenters. The SMILES string of the molecule is NC(=O)CC(Nc1cc(-n2ccnc2)ncn1)C1CCCCC1. The normalized spacial score (nSPS) is 16.9. The van der Waals surface area contributed by atoms with Crippen molar-refractivity contribution in [2.24, 2.45) is 11.7 Å². The van der Waals surface area contributed by atoms with Crippen LogP contribution in [0.1, 0.15) is 38.5 Å². The zero-order valence-electron chi connectivity index (χ0n) is 13.1. The molecule has 0 aromatic carbocycles. The summed E-state index contributed by atoms with van der Waals surface area (Å²) in [5.41, 5.74) is 5.44. The molecule has 2 aromatic rings. The Hall–Kier alpha value is -2.44. The minimum Gasteiger partial charge on any atom is -0.370 e. The molecule has 23 heavy (non-hydrogen) atoms. The smallest absolute Gasteiger partial charge is 0.219 e. The molecule has 2 heterocycles. The Labute approximate surface area is 135 Å². The Balaban J connectivity index is 1.76. The standard InChI is InChI=1S/C16H22N6O/c17-14(23)8-13(12-4-2-1-3-5-12)21-15-9-16(20-10-19-15)22-7-6-18-11-22/h6-7,9-13H,1-5,8H2,(H2,17,23)(H,19,20,21). The fourth-order valence-corrected chi connectivity index (χ4v) is 3.24. The first kappa shape index (κ1) is 15.5. The first-order valence-corrected chi connectivity index (χ1v) is 8.07. The highest BCUT2D eigenvalue weighted by atomic mass is 16.1. The zero-order chi connectivity index (χ0) is 16.1. The number of imidazole rings is 1. The summed E-state index contributed by atoms with van der Waals surface area (Å²) in [6.07, 6.45) is 13.0. The van der Waals surface area contributed by atoms with Gasteiger partial charge in [-0.25, -0.2) is 15.0 Å². The van der Waals surface area contributed by atoms with E-state index in [0.717, 1.165) is 18.7 Å². The van der Waals surface area contributed by atoms with Crippen molar-refractivity contribution in [1.29, 1.82) is 0 Å². The molecule has 3 N–H and O–H groups in total. The van der Waals surface area contributed by atoms with Crippen molar-refractivity contribution in [3.63, 3.8) is 0 Å². The average molecular weight is 314 g/mol. The van der Waals surface area contributed by atoms with Crippen LogP contribution in [0.4, 0.5) is 5.82 Å². The summed E-state index contributed by atoms with van der Waals surface area (Å²) in [6, 6.07) is 1.89. The fourth-order valence-electron chi connectivity index (χ4n) is 3.24. The first-order valence-electron chi connectivity index (χ1n) is 8.07. The Bertz CT molecular complexity index is 636. The molecule has 1 atom stereocenters. The van der Waals surface area contributed by atoms with Crippen molar-refractivity contribution >= 4 is 11.7 Å². The Morgan fingerprint density at radius 3 is 2.87 bits per heavy atom. The molecule has 1 aliphatic rings. The molecule has 3 rings (SSSR count). The number of rotatable bonds is 6. The maximum Gasteiger partial charge on any atom is 0.219 e. The topological polar surface area (TPSA) is 98.7 Å². The first-order chi connectivity index (χ1) is 11.2. The number of anilines is 1. The van der Waals surface area contributed by atoms with Gasteiger partial charge in [0.15, 0.2) is 0 Å². The van der Waals surface area contributed by atoms with Gasteiger partial charge in [-0.2, -0.15) is 0 Å². The number of hydrogen-bond donors (Lipinski definition) is 2. The van der Waals surface area contributed by atoms with Gasteiger partial charge in [0, 0.05) is 30.9 Å². The van der Waals surface area contributed by atoms with Crippen LogP contribution in [0.5, 0.6) is 0 Å². The number of nitrogens with one attached hydrogen (secondary N) is 1. The average Bonchev–Trinajstić information content (AvgIpc) is 3.09. The number of nitrogens with two attached hydrogens (primary N) is 1. The van der Waals surface area contributed by atoms with E-state index in [0.29, 0.717) is 18.2 Å². The van der Waals surface area contributed by atoms with E-state index in [4.69, 9.17) is 5.73 Å². The molecule has 0 aliphatic heterocycles. The van der Waals surface area contributed by atoms with Crippen LogP contribution in [-0.2, 0) is 4.79 Å². The van der Waals surface area contributed by atoms with E-state index in [2.05, 4.69) is 20.3 Å². The van der Waals surface area contributed by atoms with E-state index in [1.54, 1.807) is 12.5 Å². The summed E-state index contributed by atoms with van der Waals surface area (Å²) in [5, 5.41) is 3.40. The Morgan fingerprint density at radius 1 is 1.35 bits per heavy atom. The number of primary amides is 1. The van der Waals surface area contributed by atoms with Crippen LogP contribution in [0.2, 0.25) is 0 Å². The number of amides is 1. The lowest BCUT2D eigenvalue weighted by atomic mass is 9.82. The fraction of sp³-hybridized carbons (Fsp3) is 0.500. The van der Waals surface area contributed by atoms with Crippen molar-refractivity contribution < 1.29 is 4.79 Å². The van der Waals surface area contributed by atoms with E-state index in [9.17, 15) is 4.79 Å². The van der Waals surface area contributed by atoms with Gasteiger partial charge in [-0.3, -0.25) is 9.36 Å². The number of carbonyl (C=O) groups excluding carboxylic acids is 1. The van der Waals surface area contributed by atoms with Gasteiger partial charge in [0.05, 0.1) is 0 Å². The molecule has 2 aromatic heterocycles. The van der Waals surface area contributed by atoms with Gasteiger partial charge in [0.25, 0.3) is 0 Å². The summed E-state index contributed by atoms with van der Waals surface area (Å²) in [4.78, 5) is 24.0. The minimum absolute atomic E-state index is 0.0262. The number of aromatic nitrogens is 4. The van der Waals surface area contributed by atoms with Crippen molar-refractivity contribution in [2.75, 3.05) is 5.32 Å². The van der Waals surface area contributed by atoms with Crippen LogP contribution in [0.15, 0.2) is 31.1 Å². The van der Waals surface area contributed by atoms with E-state index in [-0.39, 0.29) is 11.9 Å². The quantitative estimate of drug-likeness (QED) is 0.848. The largest absolute Gasteiger partial charge is 0.370 e. The zero-order valence-corrected chi connectivity index (χ0v) is 13.1. The number of nitrogens with zero attached hydrogens (tertiary/aromatic N) is 4. The third-order valence-corrected chi connectivity index (χ3v) is 4.39. The molecule has 1 saturated carbocycles.